The fourth-order valence-electron chi connectivity index (χ4n) is 6.49. The molecule has 6 rings (SSSR count). The molecular formula is C31H44O3. The van der Waals surface area contributed by atoms with Gasteiger partial charge in [-0.2, -0.15) is 0 Å². The van der Waals surface area contributed by atoms with E-state index < -0.39 is 0 Å². The van der Waals surface area contributed by atoms with Gasteiger partial charge in [-0.25, -0.2) is 0 Å². The highest BCUT2D eigenvalue weighted by Gasteiger charge is 2.48. The van der Waals surface area contributed by atoms with Crippen molar-refractivity contribution in [3.63, 3.8) is 0 Å². The summed E-state index contributed by atoms with van der Waals surface area (Å²) in [5.74, 6) is 6.12. The molecule has 4 aliphatic carbocycles. The van der Waals surface area contributed by atoms with Crippen molar-refractivity contribution in [2.24, 2.45) is 23.7 Å². The molecule has 2 unspecified atom stereocenters. The molecule has 0 aliphatic heterocycles. The van der Waals surface area contributed by atoms with Crippen LogP contribution in [0.5, 0.6) is 11.5 Å². The maximum Gasteiger partial charge on any atom is 0.189 e. The number of hydrogen-bond donors (Lipinski definition) is 1. The molecule has 1 N–H and O–H groups in total. The average Bonchev–Trinajstić information content (AvgIpc) is 2.85. The van der Waals surface area contributed by atoms with Crippen molar-refractivity contribution in [1.82, 2.24) is 0 Å². The van der Waals surface area contributed by atoms with Gasteiger partial charge in [0.05, 0.1) is 6.10 Å². The zero-order valence-electron chi connectivity index (χ0n) is 21.6. The number of hydrogen-bond acceptors (Lipinski definition) is 3. The standard InChI is InChI=1S/C21H30O2.C10H14O/c1-3-14(2)17-4-6-20(7-5-17)22-13-23-21-18-9-15-8-16(11-18)12-19(21)10-15;1-3-8(2)9-4-6-10(11)7-5-9/h4-7,14-16,18-19,21H,3,8-13H2,1-2H3;4-8,11H,3H2,1-2H3. The van der Waals surface area contributed by atoms with E-state index in [4.69, 9.17) is 14.6 Å². The minimum atomic E-state index is 0.344. The van der Waals surface area contributed by atoms with Crippen molar-refractivity contribution in [2.75, 3.05) is 6.79 Å². The molecule has 4 bridgehead atoms. The zero-order chi connectivity index (χ0) is 24.1. The Balaban J connectivity index is 0.000000210. The van der Waals surface area contributed by atoms with E-state index in [2.05, 4.69) is 52.0 Å². The molecule has 0 spiro atoms. The molecule has 4 fully saturated rings. The first-order chi connectivity index (χ1) is 16.5. The van der Waals surface area contributed by atoms with Gasteiger partial charge in [0.15, 0.2) is 6.79 Å². The summed E-state index contributed by atoms with van der Waals surface area (Å²) in [7, 11) is 0. The summed E-state index contributed by atoms with van der Waals surface area (Å²) in [5, 5.41) is 9.01. The molecular weight excluding hydrogens is 420 g/mol. The first kappa shape index (κ1) is 25.1. The van der Waals surface area contributed by atoms with Gasteiger partial charge in [0, 0.05) is 0 Å². The highest BCUT2D eigenvalue weighted by atomic mass is 16.7. The fourth-order valence-corrected chi connectivity index (χ4v) is 6.49. The summed E-state index contributed by atoms with van der Waals surface area (Å²) in [6, 6.07) is 16.0. The number of benzene rings is 2. The molecule has 0 heterocycles. The fraction of sp³-hybridized carbons (Fsp3) is 0.613. The monoisotopic (exact) mass is 464 g/mol. The quantitative estimate of drug-likeness (QED) is 0.399. The molecule has 2 aromatic rings. The van der Waals surface area contributed by atoms with Crippen LogP contribution in [0.2, 0.25) is 0 Å². The molecule has 3 nitrogen and oxygen atoms in total. The van der Waals surface area contributed by atoms with Crippen molar-refractivity contribution in [1.29, 1.82) is 0 Å². The molecule has 0 saturated heterocycles. The van der Waals surface area contributed by atoms with Crippen LogP contribution in [0.25, 0.3) is 0 Å². The normalized spacial score (nSPS) is 28.6. The molecule has 3 heteroatoms. The van der Waals surface area contributed by atoms with E-state index in [0.29, 0.717) is 30.5 Å². The van der Waals surface area contributed by atoms with E-state index in [-0.39, 0.29) is 0 Å². The lowest BCUT2D eigenvalue weighted by molar-refractivity contribution is -0.155. The molecule has 0 aromatic heterocycles. The predicted molar refractivity (Wildman–Crippen MR) is 139 cm³/mol. The SMILES string of the molecule is CCC(C)c1ccc(O)cc1.CCC(C)c1ccc(OCOC2C3CC4CC(C3)CC2C4)cc1. The first-order valence-corrected chi connectivity index (χ1v) is 13.6. The predicted octanol–water partition coefficient (Wildman–Crippen LogP) is 8.28. The first-order valence-electron chi connectivity index (χ1n) is 13.6. The van der Waals surface area contributed by atoms with Gasteiger partial charge in [0.2, 0.25) is 0 Å². The van der Waals surface area contributed by atoms with Crippen LogP contribution < -0.4 is 4.74 Å². The highest BCUT2D eigenvalue weighted by molar-refractivity contribution is 5.29. The maximum absolute atomic E-state index is 9.01. The smallest absolute Gasteiger partial charge is 0.189 e. The van der Waals surface area contributed by atoms with Crippen LogP contribution in [0.1, 0.15) is 95.6 Å². The Morgan fingerprint density at radius 3 is 1.68 bits per heavy atom. The van der Waals surface area contributed by atoms with Crippen molar-refractivity contribution >= 4 is 0 Å². The second-order valence-electron chi connectivity index (χ2n) is 11.1. The number of ether oxygens (including phenoxy) is 2. The number of phenols is 1. The number of aromatic hydroxyl groups is 1. The van der Waals surface area contributed by atoms with E-state index in [1.165, 1.54) is 49.7 Å². The molecule has 186 valence electrons. The minimum Gasteiger partial charge on any atom is -0.508 e. The van der Waals surface area contributed by atoms with E-state index in [9.17, 15) is 0 Å². The van der Waals surface area contributed by atoms with Crippen LogP contribution in [0, 0.1) is 23.7 Å². The second kappa shape index (κ2) is 11.6. The van der Waals surface area contributed by atoms with Gasteiger partial charge in [-0.1, -0.05) is 52.0 Å². The van der Waals surface area contributed by atoms with Gasteiger partial charge in [-0.05, 0) is 116 Å². The van der Waals surface area contributed by atoms with Gasteiger partial charge in [-0.15, -0.1) is 0 Å². The third-order valence-corrected chi connectivity index (χ3v) is 8.76. The summed E-state index contributed by atoms with van der Waals surface area (Å²) in [6.45, 7) is 9.26. The Bertz CT molecular complexity index is 845. The molecule has 0 radical (unpaired) electrons. The van der Waals surface area contributed by atoms with E-state index in [1.807, 2.05) is 12.1 Å². The average molecular weight is 465 g/mol. The van der Waals surface area contributed by atoms with Gasteiger partial charge in [0.1, 0.15) is 11.5 Å². The van der Waals surface area contributed by atoms with Crippen molar-refractivity contribution in [2.45, 2.75) is 90.6 Å². The molecule has 2 aromatic carbocycles. The minimum absolute atomic E-state index is 0.344. The lowest BCUT2D eigenvalue weighted by Gasteiger charge is -2.53. The van der Waals surface area contributed by atoms with E-state index >= 15 is 0 Å². The number of rotatable bonds is 8. The van der Waals surface area contributed by atoms with E-state index in [1.54, 1.807) is 12.1 Å². The van der Waals surface area contributed by atoms with Gasteiger partial charge in [0.25, 0.3) is 0 Å². The molecule has 0 amide bonds. The van der Waals surface area contributed by atoms with Gasteiger partial charge < -0.3 is 14.6 Å². The van der Waals surface area contributed by atoms with Crippen LogP contribution in [0.15, 0.2) is 48.5 Å². The lowest BCUT2D eigenvalue weighted by atomic mass is 9.55. The Morgan fingerprint density at radius 1 is 0.735 bits per heavy atom. The molecule has 34 heavy (non-hydrogen) atoms. The van der Waals surface area contributed by atoms with Crippen molar-refractivity contribution in [3.05, 3.63) is 59.7 Å². The Hall–Kier alpha value is -2.00. The third-order valence-electron chi connectivity index (χ3n) is 8.76. The summed E-state index contributed by atoms with van der Waals surface area (Å²) in [5.41, 5.74) is 2.69. The van der Waals surface area contributed by atoms with E-state index in [0.717, 1.165) is 35.8 Å². The largest absolute Gasteiger partial charge is 0.508 e. The number of phenolic OH excluding ortho intramolecular Hbond substituents is 1. The summed E-state index contributed by atoms with van der Waals surface area (Å²) < 4.78 is 12.1. The van der Waals surface area contributed by atoms with Crippen LogP contribution in [-0.4, -0.2) is 18.0 Å². The van der Waals surface area contributed by atoms with Crippen LogP contribution in [-0.2, 0) is 4.74 Å². The van der Waals surface area contributed by atoms with Crippen LogP contribution in [0.3, 0.4) is 0 Å². The topological polar surface area (TPSA) is 38.7 Å². The van der Waals surface area contributed by atoms with Crippen molar-refractivity contribution in [3.8, 4) is 11.5 Å². The maximum atomic E-state index is 9.01. The lowest BCUT2D eigenvalue weighted by Crippen LogP contribution is -2.49. The molecule has 2 atom stereocenters. The van der Waals surface area contributed by atoms with Gasteiger partial charge >= 0.3 is 0 Å². The Morgan fingerprint density at radius 2 is 1.21 bits per heavy atom. The summed E-state index contributed by atoms with van der Waals surface area (Å²) in [6.07, 6.45) is 9.90. The van der Waals surface area contributed by atoms with Crippen LogP contribution >= 0.6 is 0 Å². The second-order valence-corrected chi connectivity index (χ2v) is 11.1. The van der Waals surface area contributed by atoms with Gasteiger partial charge in [-0.3, -0.25) is 0 Å². The summed E-state index contributed by atoms with van der Waals surface area (Å²) >= 11 is 0. The highest BCUT2D eigenvalue weighted by Crippen LogP contribution is 2.54. The Labute approximate surface area is 206 Å². The molecule has 4 saturated carbocycles. The summed E-state index contributed by atoms with van der Waals surface area (Å²) in [4.78, 5) is 0. The third kappa shape index (κ3) is 6.16. The van der Waals surface area contributed by atoms with Crippen LogP contribution in [0.4, 0.5) is 0 Å². The van der Waals surface area contributed by atoms with Crippen molar-refractivity contribution < 1.29 is 14.6 Å². The Kier molecular flexibility index (Phi) is 8.58. The zero-order valence-corrected chi connectivity index (χ0v) is 21.6. The molecule has 4 aliphatic rings.